The van der Waals surface area contributed by atoms with Crippen LogP contribution in [0.1, 0.15) is 24.5 Å². The monoisotopic (exact) mass is 285 g/mol. The summed E-state index contributed by atoms with van der Waals surface area (Å²) in [6.45, 7) is 6.78. The number of piperazine rings is 1. The molecule has 1 atom stereocenters. The van der Waals surface area contributed by atoms with Crippen molar-refractivity contribution < 1.29 is 4.79 Å². The molecular formula is C17H23N3O. The highest BCUT2D eigenvalue weighted by molar-refractivity contribution is 5.85. The van der Waals surface area contributed by atoms with Gasteiger partial charge in [0, 0.05) is 49.2 Å². The maximum Gasteiger partial charge on any atom is 0.222 e. The Kier molecular flexibility index (Phi) is 3.97. The van der Waals surface area contributed by atoms with Gasteiger partial charge in [0.2, 0.25) is 5.91 Å². The topological polar surface area (TPSA) is 48.1 Å². The van der Waals surface area contributed by atoms with Crippen LogP contribution in [0.4, 0.5) is 0 Å². The summed E-state index contributed by atoms with van der Waals surface area (Å²) in [7, 11) is 0. The van der Waals surface area contributed by atoms with Gasteiger partial charge in [-0.25, -0.2) is 0 Å². The number of amides is 1. The number of aromatic amines is 1. The summed E-state index contributed by atoms with van der Waals surface area (Å²) in [5.41, 5.74) is 3.65. The molecule has 0 saturated carbocycles. The number of benzene rings is 1. The zero-order valence-corrected chi connectivity index (χ0v) is 12.8. The first-order chi connectivity index (χ1) is 10.1. The molecule has 1 fully saturated rings. The summed E-state index contributed by atoms with van der Waals surface area (Å²) in [5, 5.41) is 4.61. The fourth-order valence-corrected chi connectivity index (χ4v) is 3.06. The molecular weight excluding hydrogens is 262 g/mol. The Labute approximate surface area is 125 Å². The lowest BCUT2D eigenvalue weighted by Crippen LogP contribution is -2.51. The fraction of sp³-hybridized carbons (Fsp3) is 0.471. The van der Waals surface area contributed by atoms with Crippen LogP contribution >= 0.6 is 0 Å². The second-order valence-electron chi connectivity index (χ2n) is 6.06. The number of aryl methyl sites for hydroxylation is 2. The first kappa shape index (κ1) is 14.1. The maximum absolute atomic E-state index is 12.3. The minimum Gasteiger partial charge on any atom is -0.361 e. The molecule has 1 aliphatic rings. The van der Waals surface area contributed by atoms with Crippen molar-refractivity contribution in [2.24, 2.45) is 0 Å². The molecule has 1 aromatic carbocycles. The summed E-state index contributed by atoms with van der Waals surface area (Å²) in [4.78, 5) is 17.6. The van der Waals surface area contributed by atoms with Crippen LogP contribution in [0.15, 0.2) is 24.4 Å². The third-order valence-electron chi connectivity index (χ3n) is 4.25. The number of hydrogen-bond donors (Lipinski definition) is 2. The van der Waals surface area contributed by atoms with Crippen molar-refractivity contribution in [3.63, 3.8) is 0 Å². The maximum atomic E-state index is 12.3. The van der Waals surface area contributed by atoms with Crippen molar-refractivity contribution >= 4 is 16.8 Å². The predicted molar refractivity (Wildman–Crippen MR) is 85.4 cm³/mol. The van der Waals surface area contributed by atoms with E-state index in [1.54, 1.807) is 0 Å². The molecule has 0 aliphatic carbocycles. The van der Waals surface area contributed by atoms with E-state index in [9.17, 15) is 4.79 Å². The number of hydrogen-bond acceptors (Lipinski definition) is 2. The SMILES string of the molecule is Cc1ccc2[nH]cc(CCC(=O)N3CCN[C@H](C)C3)c2c1. The van der Waals surface area contributed by atoms with Gasteiger partial charge in [-0.15, -0.1) is 0 Å². The first-order valence-electron chi connectivity index (χ1n) is 7.71. The number of H-pyrrole nitrogens is 1. The molecule has 0 spiro atoms. The van der Waals surface area contributed by atoms with E-state index in [-0.39, 0.29) is 5.91 Å². The average Bonchev–Trinajstić information content (AvgIpc) is 2.87. The average molecular weight is 285 g/mol. The third kappa shape index (κ3) is 3.10. The summed E-state index contributed by atoms with van der Waals surface area (Å²) in [5.74, 6) is 0.269. The molecule has 112 valence electrons. The predicted octanol–water partition coefficient (Wildman–Crippen LogP) is 2.23. The van der Waals surface area contributed by atoms with Gasteiger partial charge in [0.25, 0.3) is 0 Å². The summed E-state index contributed by atoms with van der Waals surface area (Å²) < 4.78 is 0. The molecule has 21 heavy (non-hydrogen) atoms. The number of aromatic nitrogens is 1. The number of carbonyl (C=O) groups excluding carboxylic acids is 1. The van der Waals surface area contributed by atoms with Crippen molar-refractivity contribution in [1.82, 2.24) is 15.2 Å². The Balaban J connectivity index is 1.66. The van der Waals surface area contributed by atoms with Crippen LogP contribution in [-0.4, -0.2) is 41.5 Å². The largest absolute Gasteiger partial charge is 0.361 e. The third-order valence-corrected chi connectivity index (χ3v) is 4.25. The molecule has 1 aromatic heterocycles. The number of fused-ring (bicyclic) bond motifs is 1. The fourth-order valence-electron chi connectivity index (χ4n) is 3.06. The van der Waals surface area contributed by atoms with E-state index in [0.717, 1.165) is 31.6 Å². The highest BCUT2D eigenvalue weighted by Gasteiger charge is 2.20. The smallest absolute Gasteiger partial charge is 0.222 e. The molecule has 3 rings (SSSR count). The van der Waals surface area contributed by atoms with E-state index >= 15 is 0 Å². The summed E-state index contributed by atoms with van der Waals surface area (Å²) in [6, 6.07) is 6.81. The number of nitrogens with one attached hydrogen (secondary N) is 2. The Morgan fingerprint density at radius 3 is 3.10 bits per heavy atom. The van der Waals surface area contributed by atoms with Gasteiger partial charge in [0.15, 0.2) is 0 Å². The highest BCUT2D eigenvalue weighted by atomic mass is 16.2. The van der Waals surface area contributed by atoms with E-state index in [1.807, 2.05) is 11.1 Å². The molecule has 2 N–H and O–H groups in total. The first-order valence-corrected chi connectivity index (χ1v) is 7.71. The van der Waals surface area contributed by atoms with Crippen molar-refractivity contribution in [1.29, 1.82) is 0 Å². The molecule has 2 aromatic rings. The van der Waals surface area contributed by atoms with Gasteiger partial charge in [0.1, 0.15) is 0 Å². The van der Waals surface area contributed by atoms with Gasteiger partial charge in [-0.05, 0) is 38.0 Å². The Hall–Kier alpha value is -1.81. The van der Waals surface area contributed by atoms with Gasteiger partial charge in [-0.3, -0.25) is 4.79 Å². The van der Waals surface area contributed by atoms with E-state index in [4.69, 9.17) is 0 Å². The van der Waals surface area contributed by atoms with Crippen LogP contribution in [0, 0.1) is 6.92 Å². The molecule has 0 unspecified atom stereocenters. The van der Waals surface area contributed by atoms with Crippen molar-refractivity contribution in [3.8, 4) is 0 Å². The van der Waals surface area contributed by atoms with Crippen LogP contribution < -0.4 is 5.32 Å². The molecule has 0 bridgehead atoms. The lowest BCUT2D eigenvalue weighted by molar-refractivity contribution is -0.132. The normalized spacial score (nSPS) is 19.1. The number of carbonyl (C=O) groups is 1. The Bertz CT molecular complexity index is 647. The van der Waals surface area contributed by atoms with Crippen LogP contribution in [-0.2, 0) is 11.2 Å². The Morgan fingerprint density at radius 1 is 1.43 bits per heavy atom. The lowest BCUT2D eigenvalue weighted by atomic mass is 10.1. The molecule has 4 heteroatoms. The molecule has 1 aliphatic heterocycles. The van der Waals surface area contributed by atoms with Crippen molar-refractivity contribution in [2.45, 2.75) is 32.7 Å². The minimum atomic E-state index is 0.269. The van der Waals surface area contributed by atoms with Crippen molar-refractivity contribution in [2.75, 3.05) is 19.6 Å². The number of nitrogens with zero attached hydrogens (tertiary/aromatic N) is 1. The highest BCUT2D eigenvalue weighted by Crippen LogP contribution is 2.21. The van der Waals surface area contributed by atoms with Crippen LogP contribution in [0.5, 0.6) is 0 Å². The van der Waals surface area contributed by atoms with Gasteiger partial charge in [-0.1, -0.05) is 11.6 Å². The molecule has 1 saturated heterocycles. The van der Waals surface area contributed by atoms with Gasteiger partial charge in [0.05, 0.1) is 0 Å². The van der Waals surface area contributed by atoms with Crippen LogP contribution in [0.2, 0.25) is 0 Å². The van der Waals surface area contributed by atoms with Gasteiger partial charge >= 0.3 is 0 Å². The zero-order valence-electron chi connectivity index (χ0n) is 12.8. The molecule has 0 radical (unpaired) electrons. The van der Waals surface area contributed by atoms with Crippen molar-refractivity contribution in [3.05, 3.63) is 35.5 Å². The molecule has 2 heterocycles. The van der Waals surface area contributed by atoms with E-state index in [2.05, 4.69) is 42.3 Å². The van der Waals surface area contributed by atoms with E-state index in [0.29, 0.717) is 12.5 Å². The molecule has 4 nitrogen and oxygen atoms in total. The van der Waals surface area contributed by atoms with Crippen LogP contribution in [0.3, 0.4) is 0 Å². The second kappa shape index (κ2) is 5.90. The Morgan fingerprint density at radius 2 is 2.29 bits per heavy atom. The molecule has 1 amide bonds. The quantitative estimate of drug-likeness (QED) is 0.908. The summed E-state index contributed by atoms with van der Waals surface area (Å²) >= 11 is 0. The summed E-state index contributed by atoms with van der Waals surface area (Å²) in [6.07, 6.45) is 3.44. The zero-order chi connectivity index (χ0) is 14.8. The van der Waals surface area contributed by atoms with E-state index in [1.165, 1.54) is 16.5 Å². The minimum absolute atomic E-state index is 0.269. The lowest BCUT2D eigenvalue weighted by Gasteiger charge is -2.32. The standard InChI is InChI=1S/C17H23N3O/c1-12-3-5-16-15(9-12)14(10-19-16)4-6-17(21)20-8-7-18-13(2)11-20/h3,5,9-10,13,18-19H,4,6-8,11H2,1-2H3/t13-/m1/s1. The van der Waals surface area contributed by atoms with Gasteiger partial charge in [-0.2, -0.15) is 0 Å². The number of rotatable bonds is 3. The van der Waals surface area contributed by atoms with Gasteiger partial charge < -0.3 is 15.2 Å². The van der Waals surface area contributed by atoms with E-state index < -0.39 is 0 Å². The second-order valence-corrected chi connectivity index (χ2v) is 6.06. The van der Waals surface area contributed by atoms with Crippen LogP contribution in [0.25, 0.3) is 10.9 Å².